The summed E-state index contributed by atoms with van der Waals surface area (Å²) in [7, 11) is 0. The van der Waals surface area contributed by atoms with Crippen molar-refractivity contribution in [1.82, 2.24) is 4.98 Å². The minimum atomic E-state index is -0.0279. The van der Waals surface area contributed by atoms with E-state index in [1.807, 2.05) is 55.6 Å². The summed E-state index contributed by atoms with van der Waals surface area (Å²) in [5.74, 6) is -0.0279. The molecule has 0 aliphatic rings. The van der Waals surface area contributed by atoms with Crippen molar-refractivity contribution in [2.24, 2.45) is 0 Å². The Balaban J connectivity index is 1.60. The number of hydrogen-bond acceptors (Lipinski definition) is 3. The van der Waals surface area contributed by atoms with Gasteiger partial charge in [0.2, 0.25) is 5.91 Å². The summed E-state index contributed by atoms with van der Waals surface area (Å²) in [4.78, 5) is 17.6. The number of carbonyl (C=O) groups is 1. The molecular weight excluding hydrogens is 304 g/mol. The van der Waals surface area contributed by atoms with Crippen molar-refractivity contribution in [3.63, 3.8) is 0 Å². The number of benzene rings is 2. The minimum absolute atomic E-state index is 0.0279. The molecule has 0 unspecified atom stereocenters. The fourth-order valence-corrected chi connectivity index (χ4v) is 3.25. The molecule has 4 heteroatoms. The van der Waals surface area contributed by atoms with Gasteiger partial charge < -0.3 is 5.32 Å². The standard InChI is InChI=1S/C19H18N2OS/c1-14-7-5-6-10-16(14)12-18(22)21-19-20-13-17(23-19)11-15-8-3-2-4-9-15/h2-10,13H,11-12H2,1H3,(H,20,21,22). The van der Waals surface area contributed by atoms with Crippen molar-refractivity contribution in [1.29, 1.82) is 0 Å². The summed E-state index contributed by atoms with van der Waals surface area (Å²) in [5, 5.41) is 3.55. The van der Waals surface area contributed by atoms with Crippen molar-refractivity contribution in [3.05, 3.63) is 82.4 Å². The zero-order valence-electron chi connectivity index (χ0n) is 13.0. The quantitative estimate of drug-likeness (QED) is 0.764. The number of nitrogens with zero attached hydrogens (tertiary/aromatic N) is 1. The first kappa shape index (κ1) is 15.4. The highest BCUT2D eigenvalue weighted by Crippen LogP contribution is 2.21. The van der Waals surface area contributed by atoms with Crippen LogP contribution in [0.5, 0.6) is 0 Å². The summed E-state index contributed by atoms with van der Waals surface area (Å²) in [6, 6.07) is 18.2. The van der Waals surface area contributed by atoms with E-state index < -0.39 is 0 Å². The Morgan fingerprint density at radius 3 is 2.61 bits per heavy atom. The number of carbonyl (C=O) groups excluding carboxylic acids is 1. The van der Waals surface area contributed by atoms with Crippen LogP contribution in [-0.2, 0) is 17.6 Å². The smallest absolute Gasteiger partial charge is 0.230 e. The van der Waals surface area contributed by atoms with Crippen LogP contribution in [0.15, 0.2) is 60.8 Å². The molecular formula is C19H18N2OS. The molecule has 1 aromatic heterocycles. The predicted octanol–water partition coefficient (Wildman–Crippen LogP) is 4.22. The molecule has 3 aromatic rings. The second kappa shape index (κ2) is 7.20. The van der Waals surface area contributed by atoms with E-state index in [1.54, 1.807) is 0 Å². The van der Waals surface area contributed by atoms with Crippen molar-refractivity contribution in [3.8, 4) is 0 Å². The predicted molar refractivity (Wildman–Crippen MR) is 94.9 cm³/mol. The van der Waals surface area contributed by atoms with E-state index in [-0.39, 0.29) is 5.91 Å². The summed E-state index contributed by atoms with van der Waals surface area (Å²) < 4.78 is 0. The van der Waals surface area contributed by atoms with Gasteiger partial charge in [-0.3, -0.25) is 4.79 Å². The Morgan fingerprint density at radius 1 is 1.09 bits per heavy atom. The molecule has 3 rings (SSSR count). The topological polar surface area (TPSA) is 42.0 Å². The van der Waals surface area contributed by atoms with Crippen molar-refractivity contribution in [2.45, 2.75) is 19.8 Å². The molecule has 0 aliphatic carbocycles. The molecule has 0 atom stereocenters. The first-order valence-electron chi connectivity index (χ1n) is 7.54. The lowest BCUT2D eigenvalue weighted by molar-refractivity contribution is -0.115. The SMILES string of the molecule is Cc1ccccc1CC(=O)Nc1ncc(Cc2ccccc2)s1. The van der Waals surface area contributed by atoms with Crippen LogP contribution in [0.2, 0.25) is 0 Å². The van der Waals surface area contributed by atoms with E-state index in [0.717, 1.165) is 22.4 Å². The second-order valence-corrected chi connectivity index (χ2v) is 6.56. The van der Waals surface area contributed by atoms with Gasteiger partial charge in [-0.2, -0.15) is 0 Å². The highest BCUT2D eigenvalue weighted by molar-refractivity contribution is 7.15. The van der Waals surface area contributed by atoms with Gasteiger partial charge in [0, 0.05) is 17.5 Å². The van der Waals surface area contributed by atoms with E-state index in [9.17, 15) is 4.79 Å². The Hall–Kier alpha value is -2.46. The average Bonchev–Trinajstić information content (AvgIpc) is 2.97. The van der Waals surface area contributed by atoms with Gasteiger partial charge in [0.15, 0.2) is 5.13 Å². The lowest BCUT2D eigenvalue weighted by Gasteiger charge is -2.05. The lowest BCUT2D eigenvalue weighted by Crippen LogP contribution is -2.14. The molecule has 0 bridgehead atoms. The highest BCUT2D eigenvalue weighted by atomic mass is 32.1. The normalized spacial score (nSPS) is 10.5. The van der Waals surface area contributed by atoms with Gasteiger partial charge in [-0.1, -0.05) is 54.6 Å². The first-order chi connectivity index (χ1) is 11.2. The fourth-order valence-electron chi connectivity index (χ4n) is 2.39. The third kappa shape index (κ3) is 4.27. The number of rotatable bonds is 5. The summed E-state index contributed by atoms with van der Waals surface area (Å²) >= 11 is 1.53. The Labute approximate surface area is 140 Å². The van der Waals surface area contributed by atoms with Crippen LogP contribution < -0.4 is 5.32 Å². The molecule has 3 nitrogen and oxygen atoms in total. The van der Waals surface area contributed by atoms with Gasteiger partial charge in [0.1, 0.15) is 0 Å². The molecule has 0 aliphatic heterocycles. The number of anilines is 1. The molecule has 0 spiro atoms. The molecule has 0 radical (unpaired) electrons. The zero-order valence-corrected chi connectivity index (χ0v) is 13.8. The van der Waals surface area contributed by atoms with Crippen molar-refractivity contribution >= 4 is 22.4 Å². The fraction of sp³-hybridized carbons (Fsp3) is 0.158. The maximum absolute atomic E-state index is 12.2. The average molecular weight is 322 g/mol. The number of nitrogens with one attached hydrogen (secondary N) is 1. The number of amides is 1. The molecule has 2 aromatic carbocycles. The molecule has 0 fully saturated rings. The number of hydrogen-bond donors (Lipinski definition) is 1. The van der Waals surface area contributed by atoms with Gasteiger partial charge in [-0.15, -0.1) is 11.3 Å². The Morgan fingerprint density at radius 2 is 1.83 bits per heavy atom. The van der Waals surface area contributed by atoms with Gasteiger partial charge in [0.05, 0.1) is 6.42 Å². The lowest BCUT2D eigenvalue weighted by atomic mass is 10.1. The second-order valence-electron chi connectivity index (χ2n) is 5.45. The van der Waals surface area contributed by atoms with E-state index in [4.69, 9.17) is 0 Å². The van der Waals surface area contributed by atoms with Gasteiger partial charge >= 0.3 is 0 Å². The molecule has 1 N–H and O–H groups in total. The van der Waals surface area contributed by atoms with Crippen LogP contribution in [0, 0.1) is 6.92 Å². The third-order valence-corrected chi connectivity index (χ3v) is 4.55. The molecule has 1 amide bonds. The Bertz CT molecular complexity index is 796. The minimum Gasteiger partial charge on any atom is -0.302 e. The van der Waals surface area contributed by atoms with Gasteiger partial charge in [-0.05, 0) is 23.6 Å². The van der Waals surface area contributed by atoms with Crippen molar-refractivity contribution < 1.29 is 4.79 Å². The van der Waals surface area contributed by atoms with Crippen LogP contribution in [0.4, 0.5) is 5.13 Å². The summed E-state index contributed by atoms with van der Waals surface area (Å²) in [6.07, 6.45) is 3.05. The van der Waals surface area contributed by atoms with E-state index in [2.05, 4.69) is 22.4 Å². The number of thiazole rings is 1. The zero-order chi connectivity index (χ0) is 16.1. The monoisotopic (exact) mass is 322 g/mol. The van der Waals surface area contributed by atoms with E-state index in [0.29, 0.717) is 11.6 Å². The highest BCUT2D eigenvalue weighted by Gasteiger charge is 2.09. The third-order valence-electron chi connectivity index (χ3n) is 3.63. The molecule has 116 valence electrons. The van der Waals surface area contributed by atoms with E-state index in [1.165, 1.54) is 16.9 Å². The largest absolute Gasteiger partial charge is 0.302 e. The van der Waals surface area contributed by atoms with E-state index >= 15 is 0 Å². The molecule has 0 saturated heterocycles. The molecule has 23 heavy (non-hydrogen) atoms. The van der Waals surface area contributed by atoms with Gasteiger partial charge in [-0.25, -0.2) is 4.98 Å². The van der Waals surface area contributed by atoms with Crippen LogP contribution >= 0.6 is 11.3 Å². The summed E-state index contributed by atoms with van der Waals surface area (Å²) in [5.41, 5.74) is 3.42. The van der Waals surface area contributed by atoms with Crippen LogP contribution in [-0.4, -0.2) is 10.9 Å². The molecule has 0 saturated carbocycles. The first-order valence-corrected chi connectivity index (χ1v) is 8.35. The number of aryl methyl sites for hydroxylation is 1. The molecule has 1 heterocycles. The van der Waals surface area contributed by atoms with Gasteiger partial charge in [0.25, 0.3) is 0 Å². The maximum Gasteiger partial charge on any atom is 0.230 e. The van der Waals surface area contributed by atoms with Crippen LogP contribution in [0.1, 0.15) is 21.6 Å². The van der Waals surface area contributed by atoms with Crippen LogP contribution in [0.3, 0.4) is 0 Å². The summed E-state index contributed by atoms with van der Waals surface area (Å²) in [6.45, 7) is 2.02. The van der Waals surface area contributed by atoms with Crippen LogP contribution in [0.25, 0.3) is 0 Å². The number of aromatic nitrogens is 1. The van der Waals surface area contributed by atoms with Crippen molar-refractivity contribution in [2.75, 3.05) is 5.32 Å². The Kier molecular flexibility index (Phi) is 4.83. The maximum atomic E-state index is 12.2.